The maximum atomic E-state index is 11.8. The van der Waals surface area contributed by atoms with Crippen LogP contribution in [0.25, 0.3) is 0 Å². The summed E-state index contributed by atoms with van der Waals surface area (Å²) in [6.45, 7) is 3.29. The van der Waals surface area contributed by atoms with Crippen molar-refractivity contribution in [2.75, 3.05) is 18.4 Å². The molecule has 1 aliphatic heterocycles. The molecule has 1 aromatic rings. The molecule has 0 aromatic heterocycles. The molecule has 5 heteroatoms. The first-order chi connectivity index (χ1) is 8.16. The fraction of sp³-hybridized carbons (Fsp3) is 0.333. The Balaban J connectivity index is 2.10. The number of nitrogens with zero attached hydrogens (tertiary/aromatic N) is 1. The molecule has 0 radical (unpaired) electrons. The zero-order valence-corrected chi connectivity index (χ0v) is 9.66. The first-order valence-electron chi connectivity index (χ1n) is 5.56. The number of phenolic OH excluding ortho intramolecular Hbond substituents is 1. The minimum atomic E-state index is -0.238. The number of hydrogen-bond donors (Lipinski definition) is 3. The fourth-order valence-electron chi connectivity index (χ4n) is 1.65. The van der Waals surface area contributed by atoms with E-state index in [0.717, 1.165) is 18.5 Å². The van der Waals surface area contributed by atoms with Crippen LogP contribution < -0.4 is 10.6 Å². The lowest BCUT2D eigenvalue weighted by Gasteiger charge is -2.15. The predicted octanol–water partition coefficient (Wildman–Crippen LogP) is 1.03. The van der Waals surface area contributed by atoms with Gasteiger partial charge < -0.3 is 15.7 Å². The Hall–Kier alpha value is -2.04. The SMILES string of the molecule is Cc1cc(O)ccc1NC(=O)C1=NCCCN1. The average molecular weight is 233 g/mol. The highest BCUT2D eigenvalue weighted by atomic mass is 16.3. The number of carbonyl (C=O) groups excluding carboxylic acids is 1. The highest BCUT2D eigenvalue weighted by molar-refractivity contribution is 6.42. The Labute approximate surface area is 99.6 Å². The lowest BCUT2D eigenvalue weighted by atomic mass is 10.2. The van der Waals surface area contributed by atoms with E-state index in [0.29, 0.717) is 18.1 Å². The molecule has 0 spiro atoms. The van der Waals surface area contributed by atoms with E-state index in [1.807, 2.05) is 6.92 Å². The summed E-state index contributed by atoms with van der Waals surface area (Å²) in [5, 5.41) is 15.0. The molecule has 3 N–H and O–H groups in total. The van der Waals surface area contributed by atoms with Gasteiger partial charge in [0.15, 0.2) is 5.84 Å². The smallest absolute Gasteiger partial charge is 0.290 e. The van der Waals surface area contributed by atoms with Crippen molar-refractivity contribution in [3.63, 3.8) is 0 Å². The summed E-state index contributed by atoms with van der Waals surface area (Å²) in [5.74, 6) is 0.329. The number of rotatable bonds is 2. The lowest BCUT2D eigenvalue weighted by molar-refractivity contribution is -0.110. The van der Waals surface area contributed by atoms with Gasteiger partial charge in [-0.15, -0.1) is 0 Å². The number of anilines is 1. The summed E-state index contributed by atoms with van der Waals surface area (Å²) in [6, 6.07) is 4.82. The number of benzene rings is 1. The summed E-state index contributed by atoms with van der Waals surface area (Å²) < 4.78 is 0. The van der Waals surface area contributed by atoms with Crippen molar-refractivity contribution >= 4 is 17.4 Å². The Morgan fingerprint density at radius 2 is 2.35 bits per heavy atom. The van der Waals surface area contributed by atoms with Crippen LogP contribution in [0.2, 0.25) is 0 Å². The zero-order valence-electron chi connectivity index (χ0n) is 9.66. The van der Waals surface area contributed by atoms with E-state index in [1.54, 1.807) is 18.2 Å². The normalized spacial score (nSPS) is 14.8. The highest BCUT2D eigenvalue weighted by Gasteiger charge is 2.14. The Morgan fingerprint density at radius 1 is 1.53 bits per heavy atom. The largest absolute Gasteiger partial charge is 0.508 e. The standard InChI is InChI=1S/C12H15N3O2/c1-8-7-9(16)3-4-10(8)15-12(17)11-13-5-2-6-14-11/h3-4,7,16H,2,5-6H2,1H3,(H,13,14)(H,15,17). The van der Waals surface area contributed by atoms with Crippen LogP contribution in [0.15, 0.2) is 23.2 Å². The number of amides is 1. The molecule has 0 saturated carbocycles. The summed E-state index contributed by atoms with van der Waals surface area (Å²) >= 11 is 0. The van der Waals surface area contributed by atoms with E-state index >= 15 is 0 Å². The van der Waals surface area contributed by atoms with Gasteiger partial charge in [0.1, 0.15) is 5.75 Å². The van der Waals surface area contributed by atoms with Crippen LogP contribution in [0.5, 0.6) is 5.75 Å². The van der Waals surface area contributed by atoms with Gasteiger partial charge in [-0.1, -0.05) is 0 Å². The predicted molar refractivity (Wildman–Crippen MR) is 66.4 cm³/mol. The van der Waals surface area contributed by atoms with Crippen LogP contribution in [0.1, 0.15) is 12.0 Å². The van der Waals surface area contributed by atoms with Crippen molar-refractivity contribution in [3.8, 4) is 5.75 Å². The van der Waals surface area contributed by atoms with Crippen molar-refractivity contribution < 1.29 is 9.90 Å². The van der Waals surface area contributed by atoms with E-state index in [1.165, 1.54) is 0 Å². The molecule has 0 saturated heterocycles. The molecule has 0 atom stereocenters. The van der Waals surface area contributed by atoms with Gasteiger partial charge >= 0.3 is 0 Å². The minimum absolute atomic E-state index is 0.189. The highest BCUT2D eigenvalue weighted by Crippen LogP contribution is 2.19. The van der Waals surface area contributed by atoms with Gasteiger partial charge in [0, 0.05) is 18.8 Å². The van der Waals surface area contributed by atoms with Gasteiger partial charge in [-0.3, -0.25) is 9.79 Å². The summed E-state index contributed by atoms with van der Waals surface area (Å²) in [6.07, 6.45) is 0.953. The molecule has 0 unspecified atom stereocenters. The number of nitrogens with one attached hydrogen (secondary N) is 2. The molecule has 1 aromatic carbocycles. The molecule has 90 valence electrons. The van der Waals surface area contributed by atoms with E-state index in [-0.39, 0.29) is 11.7 Å². The van der Waals surface area contributed by atoms with E-state index < -0.39 is 0 Å². The Kier molecular flexibility index (Phi) is 3.27. The number of carbonyl (C=O) groups is 1. The molecular formula is C12H15N3O2. The second-order valence-electron chi connectivity index (χ2n) is 3.96. The number of aromatic hydroxyl groups is 1. The molecule has 5 nitrogen and oxygen atoms in total. The molecule has 0 fully saturated rings. The maximum absolute atomic E-state index is 11.8. The maximum Gasteiger partial charge on any atom is 0.290 e. The van der Waals surface area contributed by atoms with Crippen LogP contribution in [-0.2, 0) is 4.79 Å². The van der Waals surface area contributed by atoms with Crippen LogP contribution in [0.4, 0.5) is 5.69 Å². The lowest BCUT2D eigenvalue weighted by Crippen LogP contribution is -2.39. The van der Waals surface area contributed by atoms with Crippen LogP contribution in [0.3, 0.4) is 0 Å². The van der Waals surface area contributed by atoms with Gasteiger partial charge in [0.25, 0.3) is 5.91 Å². The van der Waals surface area contributed by atoms with E-state index in [9.17, 15) is 9.90 Å². The summed E-state index contributed by atoms with van der Waals surface area (Å²) in [5.41, 5.74) is 1.50. The van der Waals surface area contributed by atoms with Gasteiger partial charge in [-0.05, 0) is 37.1 Å². The second kappa shape index (κ2) is 4.86. The van der Waals surface area contributed by atoms with Crippen molar-refractivity contribution in [2.45, 2.75) is 13.3 Å². The van der Waals surface area contributed by atoms with Crippen LogP contribution in [0, 0.1) is 6.92 Å². The minimum Gasteiger partial charge on any atom is -0.508 e. The molecule has 1 amide bonds. The Morgan fingerprint density at radius 3 is 3.00 bits per heavy atom. The third-order valence-corrected chi connectivity index (χ3v) is 2.57. The van der Waals surface area contributed by atoms with Gasteiger partial charge in [-0.2, -0.15) is 0 Å². The number of aliphatic imine (C=N–C) groups is 1. The first-order valence-corrected chi connectivity index (χ1v) is 5.56. The monoisotopic (exact) mass is 233 g/mol. The molecule has 1 aliphatic rings. The van der Waals surface area contributed by atoms with Gasteiger partial charge in [0.05, 0.1) is 0 Å². The van der Waals surface area contributed by atoms with Crippen molar-refractivity contribution in [3.05, 3.63) is 23.8 Å². The zero-order chi connectivity index (χ0) is 12.3. The van der Waals surface area contributed by atoms with E-state index in [4.69, 9.17) is 0 Å². The van der Waals surface area contributed by atoms with Crippen LogP contribution >= 0.6 is 0 Å². The fourth-order valence-corrected chi connectivity index (χ4v) is 1.65. The van der Waals surface area contributed by atoms with Crippen molar-refractivity contribution in [1.29, 1.82) is 0 Å². The quantitative estimate of drug-likeness (QED) is 0.668. The van der Waals surface area contributed by atoms with Crippen molar-refractivity contribution in [2.24, 2.45) is 4.99 Å². The van der Waals surface area contributed by atoms with Gasteiger partial charge in [0.2, 0.25) is 0 Å². The molecule has 1 heterocycles. The molecular weight excluding hydrogens is 218 g/mol. The summed E-state index contributed by atoms with van der Waals surface area (Å²) in [7, 11) is 0. The second-order valence-corrected chi connectivity index (χ2v) is 3.96. The van der Waals surface area contributed by atoms with E-state index in [2.05, 4.69) is 15.6 Å². The third-order valence-electron chi connectivity index (χ3n) is 2.57. The number of aryl methyl sites for hydroxylation is 1. The number of amidine groups is 1. The average Bonchev–Trinajstić information content (AvgIpc) is 2.34. The Bertz CT molecular complexity index is 469. The molecule has 0 bridgehead atoms. The molecule has 17 heavy (non-hydrogen) atoms. The number of phenols is 1. The molecule has 2 rings (SSSR count). The summed E-state index contributed by atoms with van der Waals surface area (Å²) in [4.78, 5) is 16.0. The van der Waals surface area contributed by atoms with Gasteiger partial charge in [-0.25, -0.2) is 0 Å². The first kappa shape index (κ1) is 11.4. The number of hydrogen-bond acceptors (Lipinski definition) is 4. The third kappa shape index (κ3) is 2.75. The van der Waals surface area contributed by atoms with Crippen molar-refractivity contribution in [1.82, 2.24) is 5.32 Å². The molecule has 0 aliphatic carbocycles. The van der Waals surface area contributed by atoms with Crippen LogP contribution in [-0.4, -0.2) is 29.9 Å². The topological polar surface area (TPSA) is 73.7 Å².